The van der Waals surface area contributed by atoms with Gasteiger partial charge in [0.25, 0.3) is 0 Å². The quantitative estimate of drug-likeness (QED) is 0.878. The fourth-order valence-corrected chi connectivity index (χ4v) is 2.80. The molecule has 96 valence electrons. The lowest BCUT2D eigenvalue weighted by atomic mass is 9.87. The van der Waals surface area contributed by atoms with E-state index in [-0.39, 0.29) is 12.0 Å². The summed E-state index contributed by atoms with van der Waals surface area (Å²) in [6.07, 6.45) is 4.42. The van der Waals surface area contributed by atoms with Gasteiger partial charge in [-0.25, -0.2) is 0 Å². The van der Waals surface area contributed by atoms with Crippen LogP contribution in [0.3, 0.4) is 0 Å². The van der Waals surface area contributed by atoms with Crippen molar-refractivity contribution in [1.82, 2.24) is 0 Å². The Bertz CT molecular complexity index is 461. The summed E-state index contributed by atoms with van der Waals surface area (Å²) in [6, 6.07) is 7.50. The molecule has 3 nitrogen and oxygen atoms in total. The molecule has 1 fully saturated rings. The van der Waals surface area contributed by atoms with Gasteiger partial charge < -0.3 is 10.4 Å². The third kappa shape index (κ3) is 2.60. The largest absolute Gasteiger partial charge is 0.396 e. The van der Waals surface area contributed by atoms with Gasteiger partial charge in [-0.15, -0.1) is 0 Å². The van der Waals surface area contributed by atoms with Crippen molar-refractivity contribution in [1.29, 1.82) is 5.26 Å². The Morgan fingerprint density at radius 2 is 2.11 bits per heavy atom. The monoisotopic (exact) mass is 264 g/mol. The van der Waals surface area contributed by atoms with Crippen molar-refractivity contribution < 1.29 is 5.11 Å². The van der Waals surface area contributed by atoms with Crippen molar-refractivity contribution in [3.63, 3.8) is 0 Å². The maximum atomic E-state index is 9.54. The van der Waals surface area contributed by atoms with E-state index >= 15 is 0 Å². The second-order valence-electron chi connectivity index (χ2n) is 4.99. The molecular weight excluding hydrogens is 248 g/mol. The van der Waals surface area contributed by atoms with Crippen LogP contribution in [0.5, 0.6) is 0 Å². The number of anilines is 1. The number of aliphatic hydroxyl groups is 1. The van der Waals surface area contributed by atoms with Crippen LogP contribution in [0.15, 0.2) is 18.2 Å². The SMILES string of the molecule is N#Cc1c(Cl)cccc1NCC1(CO)CCCC1. The number of hydrogen-bond donors (Lipinski definition) is 2. The minimum Gasteiger partial charge on any atom is -0.396 e. The van der Waals surface area contributed by atoms with Gasteiger partial charge in [-0.1, -0.05) is 30.5 Å². The van der Waals surface area contributed by atoms with Gasteiger partial charge in [0.2, 0.25) is 0 Å². The highest BCUT2D eigenvalue weighted by Gasteiger charge is 2.33. The van der Waals surface area contributed by atoms with E-state index < -0.39 is 0 Å². The van der Waals surface area contributed by atoms with Gasteiger partial charge in [0.05, 0.1) is 22.9 Å². The minimum absolute atomic E-state index is 0.0327. The number of nitrogens with one attached hydrogen (secondary N) is 1. The van der Waals surface area contributed by atoms with Gasteiger partial charge in [0.1, 0.15) is 6.07 Å². The van der Waals surface area contributed by atoms with Crippen LogP contribution < -0.4 is 5.32 Å². The van der Waals surface area contributed by atoms with Gasteiger partial charge in [-0.2, -0.15) is 5.26 Å². The fraction of sp³-hybridized carbons (Fsp3) is 0.500. The second-order valence-corrected chi connectivity index (χ2v) is 5.40. The average molecular weight is 265 g/mol. The Morgan fingerprint density at radius 1 is 1.39 bits per heavy atom. The maximum Gasteiger partial charge on any atom is 0.103 e. The van der Waals surface area contributed by atoms with Crippen LogP contribution in [0, 0.1) is 16.7 Å². The van der Waals surface area contributed by atoms with E-state index in [4.69, 9.17) is 16.9 Å². The van der Waals surface area contributed by atoms with Gasteiger partial charge in [0.15, 0.2) is 0 Å². The molecule has 0 aromatic heterocycles. The first-order chi connectivity index (χ1) is 8.71. The van der Waals surface area contributed by atoms with Crippen LogP contribution in [-0.4, -0.2) is 18.3 Å². The number of halogens is 1. The molecule has 0 bridgehead atoms. The first-order valence-electron chi connectivity index (χ1n) is 6.24. The molecule has 4 heteroatoms. The number of hydrogen-bond acceptors (Lipinski definition) is 3. The normalized spacial score (nSPS) is 17.4. The van der Waals surface area contributed by atoms with Gasteiger partial charge in [-0.05, 0) is 25.0 Å². The summed E-state index contributed by atoms with van der Waals surface area (Å²) in [4.78, 5) is 0. The van der Waals surface area contributed by atoms with E-state index in [1.807, 2.05) is 12.1 Å². The van der Waals surface area contributed by atoms with Gasteiger partial charge in [-0.3, -0.25) is 0 Å². The zero-order valence-electron chi connectivity index (χ0n) is 10.2. The zero-order valence-corrected chi connectivity index (χ0v) is 11.0. The van der Waals surface area contributed by atoms with Crippen LogP contribution in [0.4, 0.5) is 5.69 Å². The Labute approximate surface area is 112 Å². The van der Waals surface area contributed by atoms with Crippen LogP contribution in [0.25, 0.3) is 0 Å². The Morgan fingerprint density at radius 3 is 2.72 bits per heavy atom. The molecule has 2 N–H and O–H groups in total. The molecule has 1 aromatic carbocycles. The van der Waals surface area contributed by atoms with Gasteiger partial charge in [0, 0.05) is 12.0 Å². The Hall–Kier alpha value is -1.24. The highest BCUT2D eigenvalue weighted by atomic mass is 35.5. The number of rotatable bonds is 4. The summed E-state index contributed by atoms with van der Waals surface area (Å²) in [7, 11) is 0. The molecule has 2 rings (SSSR count). The molecule has 1 aliphatic carbocycles. The highest BCUT2D eigenvalue weighted by Crippen LogP contribution is 2.38. The van der Waals surface area contributed by atoms with Crippen molar-refractivity contribution >= 4 is 17.3 Å². The predicted molar refractivity (Wildman–Crippen MR) is 72.6 cm³/mol. The molecule has 0 aliphatic heterocycles. The van der Waals surface area contributed by atoms with E-state index in [9.17, 15) is 5.11 Å². The molecule has 0 radical (unpaired) electrons. The van der Waals surface area contributed by atoms with Crippen molar-refractivity contribution in [2.75, 3.05) is 18.5 Å². The van der Waals surface area contributed by atoms with E-state index in [1.54, 1.807) is 6.07 Å². The molecule has 0 atom stereocenters. The summed E-state index contributed by atoms with van der Waals surface area (Å²) in [5.41, 5.74) is 1.20. The highest BCUT2D eigenvalue weighted by molar-refractivity contribution is 6.32. The zero-order chi connectivity index (χ0) is 13.0. The molecule has 1 saturated carbocycles. The minimum atomic E-state index is -0.0327. The first kappa shape index (κ1) is 13.2. The van der Waals surface area contributed by atoms with Crippen LogP contribution >= 0.6 is 11.6 Å². The van der Waals surface area contributed by atoms with Crippen LogP contribution in [-0.2, 0) is 0 Å². The van der Waals surface area contributed by atoms with Crippen molar-refractivity contribution in [3.05, 3.63) is 28.8 Å². The number of nitriles is 1. The van der Waals surface area contributed by atoms with Crippen LogP contribution in [0.1, 0.15) is 31.2 Å². The molecule has 0 heterocycles. The summed E-state index contributed by atoms with van der Waals surface area (Å²) in [5.74, 6) is 0. The summed E-state index contributed by atoms with van der Waals surface area (Å²) < 4.78 is 0. The third-order valence-electron chi connectivity index (χ3n) is 3.78. The molecule has 0 spiro atoms. The first-order valence-corrected chi connectivity index (χ1v) is 6.62. The molecule has 0 amide bonds. The van der Waals surface area contributed by atoms with E-state index in [0.717, 1.165) is 18.5 Å². The van der Waals surface area contributed by atoms with Crippen molar-refractivity contribution in [2.24, 2.45) is 5.41 Å². The molecule has 0 unspecified atom stereocenters. The summed E-state index contributed by atoms with van der Waals surface area (Å²) in [5, 5.41) is 22.4. The van der Waals surface area contributed by atoms with E-state index in [0.29, 0.717) is 17.1 Å². The predicted octanol–water partition coefficient (Wildman–Crippen LogP) is 3.18. The fourth-order valence-electron chi connectivity index (χ4n) is 2.58. The van der Waals surface area contributed by atoms with E-state index in [2.05, 4.69) is 11.4 Å². The maximum absolute atomic E-state index is 9.54. The second kappa shape index (κ2) is 5.60. The lowest BCUT2D eigenvalue weighted by Gasteiger charge is -2.27. The number of benzene rings is 1. The smallest absolute Gasteiger partial charge is 0.103 e. The number of nitrogens with zero attached hydrogens (tertiary/aromatic N) is 1. The summed E-state index contributed by atoms with van der Waals surface area (Å²) >= 11 is 5.98. The average Bonchev–Trinajstić information content (AvgIpc) is 2.86. The summed E-state index contributed by atoms with van der Waals surface area (Å²) in [6.45, 7) is 0.890. The molecular formula is C14H17ClN2O. The van der Waals surface area contributed by atoms with Crippen molar-refractivity contribution in [3.8, 4) is 6.07 Å². The Balaban J connectivity index is 2.11. The standard InChI is InChI=1S/C14H17ClN2O/c15-12-4-3-5-13(11(12)8-16)17-9-14(10-18)6-1-2-7-14/h3-5,17-18H,1-2,6-7,9-10H2. The lowest BCUT2D eigenvalue weighted by Crippen LogP contribution is -2.30. The molecule has 18 heavy (non-hydrogen) atoms. The molecule has 1 aliphatic rings. The van der Waals surface area contributed by atoms with Gasteiger partial charge >= 0.3 is 0 Å². The molecule has 1 aromatic rings. The molecule has 0 saturated heterocycles. The topological polar surface area (TPSA) is 56.0 Å². The Kier molecular flexibility index (Phi) is 4.11. The van der Waals surface area contributed by atoms with Crippen molar-refractivity contribution in [2.45, 2.75) is 25.7 Å². The number of aliphatic hydroxyl groups excluding tert-OH is 1. The van der Waals surface area contributed by atoms with Crippen LogP contribution in [0.2, 0.25) is 5.02 Å². The lowest BCUT2D eigenvalue weighted by molar-refractivity contribution is 0.142. The third-order valence-corrected chi connectivity index (χ3v) is 4.09. The van der Waals surface area contributed by atoms with E-state index in [1.165, 1.54) is 12.8 Å².